The van der Waals surface area contributed by atoms with E-state index in [0.29, 0.717) is 5.13 Å². The number of nitrogens with zero attached hydrogens (tertiary/aromatic N) is 3. The van der Waals surface area contributed by atoms with Gasteiger partial charge in [0.1, 0.15) is 0 Å². The van der Waals surface area contributed by atoms with Gasteiger partial charge in [-0.15, -0.1) is 16.4 Å². The number of carbonyl (C=O) groups excluding carboxylic acids is 1. The number of nitrogens with two attached hydrogens (primary N) is 1. The van der Waals surface area contributed by atoms with E-state index < -0.39 is 5.91 Å². The second-order valence-corrected chi connectivity index (χ2v) is 4.57. The number of aromatic nitrogens is 4. The summed E-state index contributed by atoms with van der Waals surface area (Å²) in [5, 5.41) is 9.22. The molecule has 2 aromatic rings. The number of rotatable bonds is 3. The third kappa shape index (κ3) is 2.41. The number of carbonyl (C=O) groups is 1. The van der Waals surface area contributed by atoms with Crippen LogP contribution in [0.1, 0.15) is 28.1 Å². The van der Waals surface area contributed by atoms with Crippen molar-refractivity contribution < 1.29 is 4.79 Å². The zero-order valence-corrected chi connectivity index (χ0v) is 10.3. The standard InChI is InChI=1S/C9H12N6OS/c1-3-5-4(2)17-9(11-5)13-7(16)6-12-8(10)15-14-6/h3H2,1-2H3,(H,11,13,16)(H3,10,12,14,15). The lowest BCUT2D eigenvalue weighted by atomic mass is 10.3. The Kier molecular flexibility index (Phi) is 3.05. The Labute approximate surface area is 101 Å². The van der Waals surface area contributed by atoms with Gasteiger partial charge in [0, 0.05) is 4.88 Å². The van der Waals surface area contributed by atoms with Gasteiger partial charge in [-0.25, -0.2) is 4.98 Å². The molecule has 1 amide bonds. The van der Waals surface area contributed by atoms with Gasteiger partial charge in [0.25, 0.3) is 5.91 Å². The highest BCUT2D eigenvalue weighted by Gasteiger charge is 2.14. The van der Waals surface area contributed by atoms with Crippen molar-refractivity contribution in [2.45, 2.75) is 20.3 Å². The first-order chi connectivity index (χ1) is 8.10. The van der Waals surface area contributed by atoms with E-state index >= 15 is 0 Å². The topological polar surface area (TPSA) is 110 Å². The van der Waals surface area contributed by atoms with Gasteiger partial charge in [-0.1, -0.05) is 6.92 Å². The third-order valence-electron chi connectivity index (χ3n) is 2.17. The van der Waals surface area contributed by atoms with Gasteiger partial charge in [-0.05, 0) is 13.3 Å². The molecule has 0 radical (unpaired) electrons. The number of hydrogen-bond acceptors (Lipinski definition) is 6. The molecule has 0 unspecified atom stereocenters. The SMILES string of the molecule is CCc1nc(NC(=O)c2nc(N)n[nH]2)sc1C. The molecule has 0 aromatic carbocycles. The second-order valence-electron chi connectivity index (χ2n) is 3.37. The second kappa shape index (κ2) is 4.50. The number of hydrogen-bond donors (Lipinski definition) is 3. The minimum Gasteiger partial charge on any atom is -0.366 e. The summed E-state index contributed by atoms with van der Waals surface area (Å²) in [4.78, 5) is 20.8. The maximum absolute atomic E-state index is 11.7. The molecule has 4 N–H and O–H groups in total. The van der Waals surface area contributed by atoms with Crippen molar-refractivity contribution in [2.24, 2.45) is 0 Å². The summed E-state index contributed by atoms with van der Waals surface area (Å²) in [7, 11) is 0. The number of anilines is 2. The monoisotopic (exact) mass is 252 g/mol. The Bertz CT molecular complexity index is 545. The fourth-order valence-electron chi connectivity index (χ4n) is 1.34. The van der Waals surface area contributed by atoms with Crippen LogP contribution in [-0.2, 0) is 6.42 Å². The summed E-state index contributed by atoms with van der Waals surface area (Å²) in [6.45, 7) is 3.99. The molecule has 0 aliphatic rings. The Hall–Kier alpha value is -1.96. The molecule has 0 spiro atoms. The van der Waals surface area contributed by atoms with E-state index in [-0.39, 0.29) is 11.8 Å². The molecule has 2 aromatic heterocycles. The van der Waals surface area contributed by atoms with E-state index in [0.717, 1.165) is 17.0 Å². The normalized spacial score (nSPS) is 10.5. The molecular formula is C9H12N6OS. The van der Waals surface area contributed by atoms with Crippen LogP contribution in [0.25, 0.3) is 0 Å². The lowest BCUT2D eigenvalue weighted by Gasteiger charge is -1.96. The van der Waals surface area contributed by atoms with E-state index in [1.54, 1.807) is 0 Å². The van der Waals surface area contributed by atoms with Gasteiger partial charge < -0.3 is 5.73 Å². The van der Waals surface area contributed by atoms with Crippen molar-refractivity contribution in [3.05, 3.63) is 16.4 Å². The maximum Gasteiger partial charge on any atom is 0.294 e. The van der Waals surface area contributed by atoms with Crippen molar-refractivity contribution in [2.75, 3.05) is 11.1 Å². The number of nitrogen functional groups attached to an aromatic ring is 1. The van der Waals surface area contributed by atoms with Gasteiger partial charge in [0.15, 0.2) is 5.13 Å². The van der Waals surface area contributed by atoms with Gasteiger partial charge in [-0.2, -0.15) is 4.98 Å². The molecule has 7 nitrogen and oxygen atoms in total. The zero-order chi connectivity index (χ0) is 12.4. The Morgan fingerprint density at radius 3 is 2.82 bits per heavy atom. The van der Waals surface area contributed by atoms with Crippen LogP contribution in [0.4, 0.5) is 11.1 Å². The summed E-state index contributed by atoms with van der Waals surface area (Å²) >= 11 is 1.43. The van der Waals surface area contributed by atoms with Gasteiger partial charge in [0.05, 0.1) is 5.69 Å². The average Bonchev–Trinajstić information content (AvgIpc) is 2.85. The van der Waals surface area contributed by atoms with Gasteiger partial charge in [0.2, 0.25) is 11.8 Å². The Balaban J connectivity index is 2.12. The molecule has 17 heavy (non-hydrogen) atoms. The molecular weight excluding hydrogens is 240 g/mol. The highest BCUT2D eigenvalue weighted by molar-refractivity contribution is 7.15. The molecule has 0 saturated carbocycles. The van der Waals surface area contributed by atoms with Crippen molar-refractivity contribution in [3.63, 3.8) is 0 Å². The molecule has 90 valence electrons. The molecule has 0 bridgehead atoms. The lowest BCUT2D eigenvalue weighted by molar-refractivity contribution is 0.101. The summed E-state index contributed by atoms with van der Waals surface area (Å²) < 4.78 is 0. The fourth-order valence-corrected chi connectivity index (χ4v) is 2.24. The highest BCUT2D eigenvalue weighted by atomic mass is 32.1. The first-order valence-electron chi connectivity index (χ1n) is 5.05. The molecule has 2 heterocycles. The van der Waals surface area contributed by atoms with Crippen LogP contribution >= 0.6 is 11.3 Å². The van der Waals surface area contributed by atoms with Crippen LogP contribution in [-0.4, -0.2) is 26.1 Å². The van der Waals surface area contributed by atoms with Crippen LogP contribution in [0.15, 0.2) is 0 Å². The molecule has 0 saturated heterocycles. The summed E-state index contributed by atoms with van der Waals surface area (Å²) in [6, 6.07) is 0. The van der Waals surface area contributed by atoms with E-state index in [2.05, 4.69) is 25.5 Å². The van der Waals surface area contributed by atoms with Crippen molar-refractivity contribution in [1.29, 1.82) is 0 Å². The maximum atomic E-state index is 11.7. The third-order valence-corrected chi connectivity index (χ3v) is 3.09. The van der Waals surface area contributed by atoms with Crippen LogP contribution in [0, 0.1) is 6.92 Å². The van der Waals surface area contributed by atoms with Gasteiger partial charge >= 0.3 is 0 Å². The van der Waals surface area contributed by atoms with Gasteiger partial charge in [-0.3, -0.25) is 15.2 Å². The van der Waals surface area contributed by atoms with Crippen molar-refractivity contribution in [1.82, 2.24) is 20.2 Å². The number of amides is 1. The number of thiazole rings is 1. The van der Waals surface area contributed by atoms with Crippen molar-refractivity contribution in [3.8, 4) is 0 Å². The molecule has 0 fully saturated rings. The predicted molar refractivity (Wildman–Crippen MR) is 65.0 cm³/mol. The highest BCUT2D eigenvalue weighted by Crippen LogP contribution is 2.22. The number of aromatic amines is 1. The molecule has 8 heteroatoms. The Morgan fingerprint density at radius 1 is 1.53 bits per heavy atom. The Morgan fingerprint density at radius 2 is 2.29 bits per heavy atom. The summed E-state index contributed by atoms with van der Waals surface area (Å²) in [5.74, 6) is -0.279. The number of aryl methyl sites for hydroxylation is 2. The number of H-pyrrole nitrogens is 1. The minimum atomic E-state index is -0.398. The zero-order valence-electron chi connectivity index (χ0n) is 9.44. The van der Waals surface area contributed by atoms with Crippen LogP contribution in [0.2, 0.25) is 0 Å². The van der Waals surface area contributed by atoms with Crippen LogP contribution < -0.4 is 11.1 Å². The summed E-state index contributed by atoms with van der Waals surface area (Å²) in [6.07, 6.45) is 0.841. The van der Waals surface area contributed by atoms with Crippen LogP contribution in [0.5, 0.6) is 0 Å². The molecule has 0 aliphatic carbocycles. The largest absolute Gasteiger partial charge is 0.366 e. The first-order valence-corrected chi connectivity index (χ1v) is 5.87. The average molecular weight is 252 g/mol. The van der Waals surface area contributed by atoms with Crippen LogP contribution in [0.3, 0.4) is 0 Å². The molecule has 0 aliphatic heterocycles. The predicted octanol–water partition coefficient (Wildman–Crippen LogP) is 0.967. The minimum absolute atomic E-state index is 0.0414. The van der Waals surface area contributed by atoms with Crippen molar-refractivity contribution >= 4 is 28.3 Å². The fraction of sp³-hybridized carbons (Fsp3) is 0.333. The van der Waals surface area contributed by atoms with E-state index in [1.807, 2.05) is 13.8 Å². The summed E-state index contributed by atoms with van der Waals surface area (Å²) in [5.41, 5.74) is 6.30. The lowest BCUT2D eigenvalue weighted by Crippen LogP contribution is -2.13. The molecule has 0 atom stereocenters. The molecule has 2 rings (SSSR count). The smallest absolute Gasteiger partial charge is 0.294 e. The quantitative estimate of drug-likeness (QED) is 0.753. The number of nitrogens with one attached hydrogen (secondary N) is 2. The van der Waals surface area contributed by atoms with E-state index in [4.69, 9.17) is 5.73 Å². The van der Waals surface area contributed by atoms with E-state index in [1.165, 1.54) is 11.3 Å². The van der Waals surface area contributed by atoms with E-state index in [9.17, 15) is 4.79 Å². The first kappa shape index (κ1) is 11.5.